The number of nitrogens with one attached hydrogen (secondary N) is 2. The summed E-state index contributed by atoms with van der Waals surface area (Å²) in [6, 6.07) is 8.32. The first kappa shape index (κ1) is 53.0. The third-order valence-corrected chi connectivity index (χ3v) is 13.5. The fourth-order valence-electron chi connectivity index (χ4n) is 8.66. The monoisotopic (exact) mass is 993 g/mol. The SMILES string of the molecule is COc1cc2cc(c1Cl)N(C)C(=O)C[C@H](OC(=O)[C@H](C)N(C)C(=O)c1ccc(NC(=O)CCCCC(=O)ON3C(=O)CCC3=O)cc1)[C@]1(C)O[C@H]1[C@H](C)[C@@H]1C[C@@](O)(NC(=O)O1)[C@H](OC)/C=C/C=C(\C)C2. The molecule has 3 fully saturated rings. The van der Waals surface area contributed by atoms with Crippen molar-refractivity contribution < 1.29 is 72.0 Å². The summed E-state index contributed by atoms with van der Waals surface area (Å²) in [6.07, 6.45) is 0.818. The van der Waals surface area contributed by atoms with Crippen LogP contribution in [-0.4, -0.2) is 133 Å². The molecule has 0 radical (unpaired) electrons. The van der Waals surface area contributed by atoms with E-state index in [4.69, 9.17) is 40.1 Å². The number of epoxide rings is 1. The number of halogens is 1. The molecular weight excluding hydrogens is 934 g/mol. The average molecular weight is 994 g/mol. The molecule has 6 rings (SSSR count). The number of rotatable bonds is 13. The number of esters is 1. The lowest BCUT2D eigenvalue weighted by molar-refractivity contribution is -0.197. The van der Waals surface area contributed by atoms with Crippen molar-refractivity contribution in [1.82, 2.24) is 15.3 Å². The van der Waals surface area contributed by atoms with E-state index in [-0.39, 0.29) is 55.0 Å². The van der Waals surface area contributed by atoms with Gasteiger partial charge < -0.3 is 48.7 Å². The Morgan fingerprint density at radius 2 is 1.70 bits per heavy atom. The van der Waals surface area contributed by atoms with Gasteiger partial charge in [0.15, 0.2) is 5.72 Å². The first-order chi connectivity index (χ1) is 33.1. The number of unbranched alkanes of at least 4 members (excludes halogenated alkanes) is 1. The van der Waals surface area contributed by atoms with Crippen molar-refractivity contribution in [3.05, 3.63) is 76.3 Å². The van der Waals surface area contributed by atoms with Gasteiger partial charge in [0, 0.05) is 70.5 Å². The van der Waals surface area contributed by atoms with Crippen LogP contribution in [0.5, 0.6) is 5.75 Å². The number of hydrogen-bond acceptors (Lipinski definition) is 15. The van der Waals surface area contributed by atoms with Crippen molar-refractivity contribution in [1.29, 1.82) is 0 Å². The molecule has 21 heteroatoms. The molecule has 378 valence electrons. The summed E-state index contributed by atoms with van der Waals surface area (Å²) in [5.41, 5.74) is -0.644. The number of carbonyl (C=O) groups excluding carboxylic acids is 8. The molecule has 0 saturated carbocycles. The Kier molecular flexibility index (Phi) is 16.8. The number of imide groups is 1. The number of anilines is 2. The van der Waals surface area contributed by atoms with Crippen LogP contribution in [0.1, 0.15) is 95.0 Å². The molecule has 3 saturated heterocycles. The number of nitrogens with zero attached hydrogens (tertiary/aromatic N) is 3. The van der Waals surface area contributed by atoms with Crippen molar-refractivity contribution in [2.24, 2.45) is 5.92 Å². The van der Waals surface area contributed by atoms with E-state index in [1.165, 1.54) is 69.3 Å². The summed E-state index contributed by atoms with van der Waals surface area (Å²) >= 11 is 6.80. The quantitative estimate of drug-likeness (QED) is 0.104. The molecule has 0 aromatic heterocycles. The van der Waals surface area contributed by atoms with E-state index >= 15 is 0 Å². The molecule has 20 nitrogen and oxygen atoms in total. The van der Waals surface area contributed by atoms with E-state index in [2.05, 4.69) is 10.6 Å². The minimum absolute atomic E-state index is 0.0128. The molecule has 4 bridgehead atoms. The number of ether oxygens (including phenoxy) is 5. The van der Waals surface area contributed by atoms with Gasteiger partial charge in [0.25, 0.3) is 17.7 Å². The Morgan fingerprint density at radius 1 is 1.03 bits per heavy atom. The summed E-state index contributed by atoms with van der Waals surface area (Å²) in [5.74, 6) is -4.45. The van der Waals surface area contributed by atoms with E-state index in [0.29, 0.717) is 35.0 Å². The summed E-state index contributed by atoms with van der Waals surface area (Å²) in [7, 11) is 5.82. The predicted octanol–water partition coefficient (Wildman–Crippen LogP) is 4.93. The van der Waals surface area contributed by atoms with Crippen LogP contribution in [0.15, 0.2) is 60.2 Å². The predicted molar refractivity (Wildman–Crippen MR) is 251 cm³/mol. The lowest BCUT2D eigenvalue weighted by Crippen LogP contribution is -2.63. The maximum absolute atomic E-state index is 14.3. The number of fused-ring (bicyclic) bond motifs is 5. The zero-order valence-electron chi connectivity index (χ0n) is 40.4. The number of carbonyl (C=O) groups is 8. The first-order valence-electron chi connectivity index (χ1n) is 22.9. The van der Waals surface area contributed by atoms with Gasteiger partial charge in [-0.3, -0.25) is 29.3 Å². The highest BCUT2D eigenvalue weighted by Crippen LogP contribution is 2.49. The second kappa shape index (κ2) is 22.2. The summed E-state index contributed by atoms with van der Waals surface area (Å²) in [4.78, 5) is 111. The van der Waals surface area contributed by atoms with Gasteiger partial charge in [-0.25, -0.2) is 14.4 Å². The number of aliphatic hydroxyl groups is 1. The highest BCUT2D eigenvalue weighted by atomic mass is 35.5. The van der Waals surface area contributed by atoms with Gasteiger partial charge in [-0.05, 0) is 82.0 Å². The molecule has 2 aromatic carbocycles. The number of hydrogen-bond donors (Lipinski definition) is 3. The minimum atomic E-state index is -1.89. The summed E-state index contributed by atoms with van der Waals surface area (Å²) in [6.45, 7) is 6.80. The molecule has 4 aliphatic rings. The van der Waals surface area contributed by atoms with Gasteiger partial charge in [-0.15, -0.1) is 5.06 Å². The fourth-order valence-corrected chi connectivity index (χ4v) is 8.97. The molecule has 6 amide bonds. The summed E-state index contributed by atoms with van der Waals surface area (Å²) < 4.78 is 29.4. The topological polar surface area (TPSA) is 249 Å². The molecule has 0 aliphatic carbocycles. The normalized spacial score (nSPS) is 27.5. The molecule has 70 heavy (non-hydrogen) atoms. The zero-order valence-corrected chi connectivity index (χ0v) is 41.2. The fraction of sp³-hybridized carbons (Fsp3) is 0.510. The average Bonchev–Trinajstić information content (AvgIpc) is 3.93. The molecule has 4 aliphatic heterocycles. The van der Waals surface area contributed by atoms with Crippen LogP contribution in [0.4, 0.5) is 16.2 Å². The second-order valence-electron chi connectivity index (χ2n) is 18.2. The molecule has 3 N–H and O–H groups in total. The minimum Gasteiger partial charge on any atom is -0.495 e. The van der Waals surface area contributed by atoms with E-state index in [0.717, 1.165) is 11.1 Å². The van der Waals surface area contributed by atoms with Crippen LogP contribution in [0.2, 0.25) is 5.02 Å². The molecule has 0 unspecified atom stereocenters. The number of likely N-dealkylation sites (N-methyl/N-ethyl adjacent to an activating group) is 1. The first-order valence-corrected chi connectivity index (χ1v) is 23.3. The van der Waals surface area contributed by atoms with Gasteiger partial charge >= 0.3 is 18.0 Å². The molecule has 8 atom stereocenters. The maximum Gasteiger partial charge on any atom is 0.409 e. The lowest BCUT2D eigenvalue weighted by Gasteiger charge is -2.42. The van der Waals surface area contributed by atoms with Gasteiger partial charge in [0.1, 0.15) is 40.7 Å². The largest absolute Gasteiger partial charge is 0.495 e. The van der Waals surface area contributed by atoms with Crippen LogP contribution in [0, 0.1) is 5.92 Å². The van der Waals surface area contributed by atoms with E-state index in [1.807, 2.05) is 13.0 Å². The highest BCUT2D eigenvalue weighted by Gasteiger charge is 2.64. The Morgan fingerprint density at radius 3 is 2.36 bits per heavy atom. The molecule has 4 heterocycles. The van der Waals surface area contributed by atoms with Crippen molar-refractivity contribution in [2.75, 3.05) is 38.5 Å². The van der Waals surface area contributed by atoms with Gasteiger partial charge in [-0.2, -0.15) is 0 Å². The summed E-state index contributed by atoms with van der Waals surface area (Å²) in [5, 5.41) is 17.7. The van der Waals surface area contributed by atoms with Crippen LogP contribution >= 0.6 is 11.6 Å². The van der Waals surface area contributed by atoms with Gasteiger partial charge in [0.05, 0.1) is 25.3 Å². The third kappa shape index (κ3) is 12.1. The third-order valence-electron chi connectivity index (χ3n) is 13.1. The van der Waals surface area contributed by atoms with Crippen molar-refractivity contribution >= 4 is 70.5 Å². The van der Waals surface area contributed by atoms with E-state index in [1.54, 1.807) is 38.1 Å². The lowest BCUT2D eigenvalue weighted by atomic mass is 9.83. The highest BCUT2D eigenvalue weighted by molar-refractivity contribution is 6.35. The van der Waals surface area contributed by atoms with Crippen LogP contribution in [-0.2, 0) is 59.0 Å². The number of amides is 6. The Labute approximate surface area is 410 Å². The molecule has 0 spiro atoms. The van der Waals surface area contributed by atoms with Crippen molar-refractivity contribution in [3.63, 3.8) is 0 Å². The Balaban J connectivity index is 1.15. The zero-order chi connectivity index (χ0) is 51.2. The van der Waals surface area contributed by atoms with Crippen molar-refractivity contribution in [2.45, 2.75) is 127 Å². The number of alkyl carbamates (subject to hydrolysis) is 1. The van der Waals surface area contributed by atoms with Gasteiger partial charge in [-0.1, -0.05) is 42.3 Å². The van der Waals surface area contributed by atoms with E-state index in [9.17, 15) is 43.5 Å². The van der Waals surface area contributed by atoms with Gasteiger partial charge in [0.2, 0.25) is 11.8 Å². The number of benzene rings is 2. The van der Waals surface area contributed by atoms with Crippen LogP contribution in [0.3, 0.4) is 0 Å². The maximum atomic E-state index is 14.3. The molecular formula is C49H60ClN5O15. The number of allylic oxidation sites excluding steroid dienone is 3. The van der Waals surface area contributed by atoms with E-state index < -0.39 is 95.8 Å². The Hall–Kier alpha value is -6.35. The van der Waals surface area contributed by atoms with Crippen molar-refractivity contribution in [3.8, 4) is 5.75 Å². The molecule has 2 aromatic rings. The van der Waals surface area contributed by atoms with Crippen LogP contribution in [0.25, 0.3) is 0 Å². The smallest absolute Gasteiger partial charge is 0.409 e. The standard InChI is InChI=1S/C49H60ClN5O15/c1-27-12-11-13-36(66-8)49(64)26-35(67-47(63)52-49)28(2)44-48(4,69-44)37(25-41(59)54(6)33-23-30(22-27)24-34(65-7)43(33)50)68-46(62)29(3)53(5)45(61)31-16-18-32(19-17-31)51-38(56)14-9-10-15-42(60)70-55-39(57)20-21-40(55)58/h11-13,16-19,23-24,28-29,35-37,44,64H,9-10,14-15,20-22,25-26H2,1-8H3,(H,51,56)(H,52,63)/b13-11+,27-12+/t28-,29+,35+,36-,37+,44+,48+,49+/m1/s1. The second-order valence-corrected chi connectivity index (χ2v) is 18.6. The number of methoxy groups -OCH3 is 2. The number of hydroxylamine groups is 2. The van der Waals surface area contributed by atoms with Crippen LogP contribution < -0.4 is 20.3 Å². The Bertz CT molecular complexity index is 2430.